The van der Waals surface area contributed by atoms with Gasteiger partial charge in [0.05, 0.1) is 76.5 Å². The van der Waals surface area contributed by atoms with Crippen LogP contribution >= 0.6 is 0 Å². The van der Waals surface area contributed by atoms with Crippen LogP contribution in [0, 0.1) is 67.5 Å². The highest BCUT2D eigenvalue weighted by molar-refractivity contribution is 6.08. The van der Waals surface area contributed by atoms with E-state index in [9.17, 15) is 0 Å². The van der Waals surface area contributed by atoms with Crippen LogP contribution in [-0.2, 0) is 32.7 Å². The highest BCUT2D eigenvalue weighted by Gasteiger charge is 2.36. The van der Waals surface area contributed by atoms with Gasteiger partial charge in [-0.15, -0.1) is 46.8 Å². The molecule has 0 N–H and O–H groups in total. The summed E-state index contributed by atoms with van der Waals surface area (Å²) in [7, 11) is 0. The molecule has 5 aliphatic rings. The second-order valence-corrected chi connectivity index (χ2v) is 28.6. The summed E-state index contributed by atoms with van der Waals surface area (Å²) < 4.78 is 34.4. The van der Waals surface area contributed by atoms with Crippen LogP contribution in [0.25, 0.3) is 151 Å². The normalized spacial score (nSPS) is 12.4. The van der Waals surface area contributed by atoms with Gasteiger partial charge in [-0.1, -0.05) is 91.0 Å². The molecule has 0 unspecified atom stereocenters. The minimum absolute atomic E-state index is 0.656. The molecule has 514 valence electrons. The van der Waals surface area contributed by atoms with Crippen LogP contribution in [0.3, 0.4) is 0 Å². The van der Waals surface area contributed by atoms with E-state index in [0.717, 1.165) is 115 Å². The first-order valence-electron chi connectivity index (χ1n) is 36.0. The number of para-hydroxylation sites is 2. The molecule has 5 aliphatic heterocycles. The van der Waals surface area contributed by atoms with Crippen molar-refractivity contribution >= 4 is 127 Å². The van der Waals surface area contributed by atoms with Crippen molar-refractivity contribution in [3.8, 4) is 28.4 Å². The first kappa shape index (κ1) is 63.6. The lowest BCUT2D eigenvalue weighted by Crippen LogP contribution is -2.36. The lowest BCUT2D eigenvalue weighted by Gasteiger charge is -2.08. The minimum atomic E-state index is 0.656. The Hall–Kier alpha value is -15.0. The van der Waals surface area contributed by atoms with E-state index >= 15 is 0 Å². The van der Waals surface area contributed by atoms with Gasteiger partial charge in [0.25, 0.3) is 0 Å². The summed E-state index contributed by atoms with van der Waals surface area (Å²) in [5, 5.41) is 10.0. The van der Waals surface area contributed by atoms with Crippen LogP contribution in [0.2, 0.25) is 0 Å². The molecule has 8 aromatic heterocycles. The number of pyridine rings is 1. The fourth-order valence-corrected chi connectivity index (χ4v) is 17.1. The third-order valence-electron chi connectivity index (χ3n) is 22.2. The largest absolute Gasteiger partial charge is 0.456 e. The molecule has 0 aliphatic carbocycles. The molecule has 18 nitrogen and oxygen atoms in total. The third kappa shape index (κ3) is 9.89. The molecule has 13 heterocycles. The van der Waals surface area contributed by atoms with Crippen molar-refractivity contribution < 1.29 is 32.2 Å². The quantitative estimate of drug-likeness (QED) is 0.112. The van der Waals surface area contributed by atoms with E-state index in [0.29, 0.717) is 34.2 Å². The second-order valence-electron chi connectivity index (χ2n) is 28.6. The van der Waals surface area contributed by atoms with Crippen LogP contribution < -0.4 is 23.4 Å². The van der Waals surface area contributed by atoms with E-state index in [1.54, 1.807) is 6.20 Å². The standard InChI is InChI=1S/C21H12N3O.C20H11N4O.C18H16N3.C17H14N3.C15H10N3/c1-22-15-6-7-18-13(8-15)11-23-12-14-9-17-16-4-2-3-5-20(16)25-21(17)10-19(14)24(18)23;1-21-14-5-7-17-13(9-14)11-23-10-12-4-6-15-16-3-2-8-22-20(16)25-19(15)18(12)24(17)23;1-11-7-12(2)18-16(13(11)3)10-20-9-14-8-15(19-4)5-6-17(14)21(18)20;1-11-4-5-12(2)17-15(11)10-19-9-13-8-14(18-3)6-7-16(13)20(17)19;1-16-13-7-6-12-10-17-9-11-4-2-3-5-14(11)18(17)15(12)8-13/h2-11H,12H2;2-9,11H,10H2;5-9H,10H2,1-3H3;4-9H,10H2,1-2H3;2-8,10H,9H2/q5*+1. The van der Waals surface area contributed by atoms with Gasteiger partial charge in [-0.05, 0) is 159 Å². The van der Waals surface area contributed by atoms with E-state index in [1.165, 1.54) is 94.5 Å². The van der Waals surface area contributed by atoms with Crippen LogP contribution in [0.5, 0.6) is 0 Å². The molecule has 0 saturated heterocycles. The molecule has 24 rings (SSSR count). The van der Waals surface area contributed by atoms with E-state index in [1.807, 2.05) is 109 Å². The maximum absolute atomic E-state index is 7.21. The summed E-state index contributed by atoms with van der Waals surface area (Å²) in [6, 6.07) is 65.2. The van der Waals surface area contributed by atoms with Crippen molar-refractivity contribution in [2.45, 2.75) is 67.3 Å². The average molecular weight is 1410 g/mol. The molecule has 0 atom stereocenters. The van der Waals surface area contributed by atoms with Crippen molar-refractivity contribution in [1.82, 2.24) is 28.4 Å². The van der Waals surface area contributed by atoms with Crippen LogP contribution in [0.1, 0.15) is 55.6 Å². The van der Waals surface area contributed by atoms with Crippen molar-refractivity contribution in [3.63, 3.8) is 0 Å². The lowest BCUT2D eigenvalue weighted by molar-refractivity contribution is -0.749. The number of aryl methyl sites for hydroxylation is 4. The zero-order valence-corrected chi connectivity index (χ0v) is 59.9. The van der Waals surface area contributed by atoms with Gasteiger partial charge >= 0.3 is 0 Å². The first-order valence-corrected chi connectivity index (χ1v) is 36.0. The molecular formula is C91H63N16O2+5. The second kappa shape index (κ2) is 24.3. The van der Waals surface area contributed by atoms with Crippen molar-refractivity contribution in [3.05, 3.63) is 344 Å². The molecule has 109 heavy (non-hydrogen) atoms. The highest BCUT2D eigenvalue weighted by atomic mass is 16.3. The van der Waals surface area contributed by atoms with Crippen LogP contribution in [-0.4, -0.2) is 28.4 Å². The van der Waals surface area contributed by atoms with Gasteiger partial charge in [0.15, 0.2) is 72.4 Å². The van der Waals surface area contributed by atoms with E-state index in [2.05, 4.69) is 227 Å². The Bertz CT molecular complexity index is 7490. The molecule has 0 fully saturated rings. The Morgan fingerprint density at radius 2 is 0.835 bits per heavy atom. The predicted octanol–water partition coefficient (Wildman–Crippen LogP) is 18.9. The van der Waals surface area contributed by atoms with Crippen molar-refractivity contribution in [2.75, 3.05) is 0 Å². The summed E-state index contributed by atoms with van der Waals surface area (Å²) in [6.45, 7) is 51.1. The number of rotatable bonds is 0. The Balaban J connectivity index is 0.0000000900. The Labute approximate surface area is 623 Å². The monoisotopic (exact) mass is 1410 g/mol. The molecule has 0 radical (unpaired) electrons. The Morgan fingerprint density at radius 1 is 0.330 bits per heavy atom. The minimum Gasteiger partial charge on any atom is -0.456 e. The number of nitrogens with zero attached hydrogens (tertiary/aromatic N) is 16. The number of hydrogen-bond acceptors (Lipinski definition) is 3. The maximum atomic E-state index is 7.21. The molecule has 0 spiro atoms. The van der Waals surface area contributed by atoms with E-state index in [-0.39, 0.29) is 0 Å². The maximum Gasteiger partial charge on any atom is 0.227 e. The smallest absolute Gasteiger partial charge is 0.227 e. The van der Waals surface area contributed by atoms with Crippen molar-refractivity contribution in [2.24, 2.45) is 0 Å². The molecule has 0 bridgehead atoms. The number of fused-ring (bicyclic) bond motifs is 32. The Kier molecular flexibility index (Phi) is 14.2. The van der Waals surface area contributed by atoms with Gasteiger partial charge in [-0.3, -0.25) is 0 Å². The number of furan rings is 2. The summed E-state index contributed by atoms with van der Waals surface area (Å²) in [6.07, 6.45) is 12.4. The van der Waals surface area contributed by atoms with Gasteiger partial charge < -0.3 is 8.83 Å². The van der Waals surface area contributed by atoms with Gasteiger partial charge in [-0.2, -0.15) is 0 Å². The molecule has 0 amide bonds. The topological polar surface area (TPSA) is 105 Å². The zero-order valence-electron chi connectivity index (χ0n) is 59.9. The lowest BCUT2D eigenvalue weighted by atomic mass is 9.98. The van der Waals surface area contributed by atoms with Crippen molar-refractivity contribution in [1.29, 1.82) is 0 Å². The molecule has 18 heteroatoms. The molecule has 0 saturated carbocycles. The summed E-state index contributed by atoms with van der Waals surface area (Å²) in [5.74, 6) is 0. The highest BCUT2D eigenvalue weighted by Crippen LogP contribution is 2.41. The third-order valence-corrected chi connectivity index (χ3v) is 22.2. The van der Waals surface area contributed by atoms with Gasteiger partial charge in [-0.25, -0.2) is 29.2 Å². The van der Waals surface area contributed by atoms with Crippen LogP contribution in [0.15, 0.2) is 240 Å². The van der Waals surface area contributed by atoms with E-state index < -0.39 is 0 Å². The van der Waals surface area contributed by atoms with Gasteiger partial charge in [0.2, 0.25) is 36.7 Å². The molecular weight excluding hydrogens is 1350 g/mol. The SMILES string of the molecule is [C-]#[N+]c1ccc2c(c1)c[n+]1n2-c2c(C)cc(C)c(C)c2C1.[C-]#[N+]c1ccc2c(c1)c[n+]1n2-c2c(C)ccc(C)c2C1.[C-]#[N+]c1ccc2c(c1)c[n+]1n2-c2c(ccc3c2oc2ncccc23)C1.[C-]#[N+]c1ccc2c(c1)c[n+]1n2-c2cc3oc4ccccc4c3cc2C1.[C-]#[N+]c1ccc2c[n+]3n(c2c1)-c1ccccc1C3. The zero-order chi connectivity index (χ0) is 73.8. The predicted molar refractivity (Wildman–Crippen MR) is 420 cm³/mol. The fraction of sp³-hybridized carbons (Fsp3) is 0.110. The number of aromatic nitrogens is 11. The molecule has 11 aromatic carbocycles. The van der Waals surface area contributed by atoms with Gasteiger partial charge in [0, 0.05) is 44.9 Å². The Morgan fingerprint density at radius 3 is 1.49 bits per heavy atom. The number of benzene rings is 11. The summed E-state index contributed by atoms with van der Waals surface area (Å²) in [5.41, 5.74) is 31.8. The van der Waals surface area contributed by atoms with Gasteiger partial charge in [0.1, 0.15) is 61.5 Å². The average Bonchev–Trinajstić information content (AvgIpc) is 1.57. The fourth-order valence-electron chi connectivity index (χ4n) is 17.1. The van der Waals surface area contributed by atoms with Crippen LogP contribution in [0.4, 0.5) is 28.4 Å². The number of hydrogen-bond donors (Lipinski definition) is 0. The first-order chi connectivity index (χ1) is 53.3. The summed E-state index contributed by atoms with van der Waals surface area (Å²) >= 11 is 0. The molecule has 19 aromatic rings. The summed E-state index contributed by atoms with van der Waals surface area (Å²) in [4.78, 5) is 22.0. The van der Waals surface area contributed by atoms with E-state index in [4.69, 9.17) is 41.7 Å².